The van der Waals surface area contributed by atoms with Crippen molar-refractivity contribution in [2.75, 3.05) is 0 Å². The molecule has 0 unspecified atom stereocenters. The lowest BCUT2D eigenvalue weighted by molar-refractivity contribution is -0.154. The van der Waals surface area contributed by atoms with Crippen molar-refractivity contribution in [2.24, 2.45) is 0 Å². The number of aliphatic hydroxyl groups excluding tert-OH is 2. The van der Waals surface area contributed by atoms with Gasteiger partial charge in [-0.3, -0.25) is 0 Å². The first-order valence-electron chi connectivity index (χ1n) is 2.14. The van der Waals surface area contributed by atoms with Gasteiger partial charge in [0.15, 0.2) is 12.4 Å². The van der Waals surface area contributed by atoms with Gasteiger partial charge in [0.25, 0.3) is 0 Å². The van der Waals surface area contributed by atoms with Gasteiger partial charge < -0.3 is 20.1 Å². The Hall–Kier alpha value is -0.940. The van der Waals surface area contributed by atoms with Gasteiger partial charge in [-0.2, -0.15) is 0 Å². The van der Waals surface area contributed by atoms with Crippen LogP contribution in [0.2, 0.25) is 0 Å². The van der Waals surface area contributed by atoms with E-state index in [1.807, 2.05) is 0 Å². The Kier molecular flexibility index (Phi) is 2.83. The summed E-state index contributed by atoms with van der Waals surface area (Å²) in [5.74, 6) is -1.62. The highest BCUT2D eigenvalue weighted by molar-refractivity contribution is 5.77. The number of rotatable bonds is 3. The first-order valence-corrected chi connectivity index (χ1v) is 2.14. The number of aliphatic carboxylic acids is 1. The zero-order valence-corrected chi connectivity index (χ0v) is 4.39. The molecule has 0 aliphatic rings. The molecular formula is C4H6O5. The average molecular weight is 134 g/mol. The van der Waals surface area contributed by atoms with E-state index in [9.17, 15) is 9.59 Å². The number of aldehydes is 1. The fraction of sp³-hybridized carbons (Fsp3) is 0.500. The number of aliphatic hydroxyl groups is 2. The SMILES string of the molecule is O=C[C@@H](O)[C@H](O)C(=O)O. The van der Waals surface area contributed by atoms with Crippen molar-refractivity contribution in [3.8, 4) is 0 Å². The van der Waals surface area contributed by atoms with Gasteiger partial charge in [-0.1, -0.05) is 0 Å². The molecule has 2 atom stereocenters. The van der Waals surface area contributed by atoms with Crippen LogP contribution in [0.4, 0.5) is 0 Å². The molecule has 0 aromatic carbocycles. The van der Waals surface area contributed by atoms with Crippen molar-refractivity contribution >= 4 is 12.3 Å². The number of carboxylic acid groups (broad SMARTS) is 1. The van der Waals surface area contributed by atoms with Crippen molar-refractivity contribution in [3.05, 3.63) is 0 Å². The molecule has 0 saturated carbocycles. The van der Waals surface area contributed by atoms with Crippen LogP contribution >= 0.6 is 0 Å². The van der Waals surface area contributed by atoms with Crippen molar-refractivity contribution < 1.29 is 24.9 Å². The molecule has 9 heavy (non-hydrogen) atoms. The standard InChI is InChI=1S/C4H6O5/c5-1-2(6)3(7)4(8)9/h1-3,6-7H,(H,8,9)/t2-,3+/m1/s1. The minimum atomic E-state index is -2.01. The predicted molar refractivity (Wildman–Crippen MR) is 25.7 cm³/mol. The highest BCUT2D eigenvalue weighted by atomic mass is 16.4. The molecule has 0 amide bonds. The molecule has 0 aliphatic heterocycles. The van der Waals surface area contributed by atoms with Crippen molar-refractivity contribution in [3.63, 3.8) is 0 Å². The molecule has 5 heteroatoms. The van der Waals surface area contributed by atoms with Crippen molar-refractivity contribution in [1.82, 2.24) is 0 Å². The zero-order valence-electron chi connectivity index (χ0n) is 4.39. The van der Waals surface area contributed by atoms with Gasteiger partial charge in [0.1, 0.15) is 6.10 Å². The summed E-state index contributed by atoms with van der Waals surface area (Å²) in [5, 5.41) is 24.5. The molecule has 0 bridgehead atoms. The molecule has 0 saturated heterocycles. The molecule has 0 radical (unpaired) electrons. The second-order valence-corrected chi connectivity index (χ2v) is 1.41. The molecule has 0 aromatic rings. The second kappa shape index (κ2) is 3.16. The third kappa shape index (κ3) is 2.20. The summed E-state index contributed by atoms with van der Waals surface area (Å²) in [5.41, 5.74) is 0. The molecule has 0 heterocycles. The number of hydrogen-bond acceptors (Lipinski definition) is 4. The largest absolute Gasteiger partial charge is 0.479 e. The maximum atomic E-state index is 9.73. The Bertz CT molecular complexity index is 120. The number of carboxylic acids is 1. The van der Waals surface area contributed by atoms with E-state index in [2.05, 4.69) is 0 Å². The Morgan fingerprint density at radius 2 is 1.89 bits per heavy atom. The molecule has 0 fully saturated rings. The molecule has 52 valence electrons. The van der Waals surface area contributed by atoms with Gasteiger partial charge in [0, 0.05) is 0 Å². The summed E-state index contributed by atoms with van der Waals surface area (Å²) in [6, 6.07) is 0. The van der Waals surface area contributed by atoms with E-state index in [1.54, 1.807) is 0 Å². The van der Waals surface area contributed by atoms with Crippen LogP contribution in [-0.2, 0) is 9.59 Å². The molecule has 0 aliphatic carbocycles. The Labute approximate surface area is 50.5 Å². The van der Waals surface area contributed by atoms with Crippen LogP contribution in [0.15, 0.2) is 0 Å². The molecule has 0 aromatic heterocycles. The monoisotopic (exact) mass is 134 g/mol. The minimum absolute atomic E-state index is 0.0429. The molecule has 5 nitrogen and oxygen atoms in total. The number of carbonyl (C=O) groups is 2. The maximum Gasteiger partial charge on any atom is 0.335 e. The molecule has 3 N–H and O–H groups in total. The van der Waals surface area contributed by atoms with E-state index < -0.39 is 18.2 Å². The minimum Gasteiger partial charge on any atom is -0.479 e. The van der Waals surface area contributed by atoms with Crippen LogP contribution in [0.5, 0.6) is 0 Å². The third-order valence-corrected chi connectivity index (χ3v) is 0.716. The van der Waals surface area contributed by atoms with Crippen LogP contribution < -0.4 is 0 Å². The second-order valence-electron chi connectivity index (χ2n) is 1.41. The summed E-state index contributed by atoms with van der Waals surface area (Å²) in [6.07, 6.45) is -3.89. The fourth-order valence-electron chi connectivity index (χ4n) is 0.220. The maximum absolute atomic E-state index is 9.73. The van der Waals surface area contributed by atoms with Crippen LogP contribution in [-0.4, -0.2) is 39.8 Å². The average Bonchev–Trinajstić information content (AvgIpc) is 1.84. The van der Waals surface area contributed by atoms with Gasteiger partial charge in [-0.15, -0.1) is 0 Å². The van der Waals surface area contributed by atoms with E-state index in [0.29, 0.717) is 0 Å². The van der Waals surface area contributed by atoms with Crippen LogP contribution in [0.1, 0.15) is 0 Å². The topological polar surface area (TPSA) is 94.8 Å². The highest BCUT2D eigenvalue weighted by Gasteiger charge is 2.22. The van der Waals surface area contributed by atoms with E-state index in [0.717, 1.165) is 0 Å². The zero-order chi connectivity index (χ0) is 7.44. The van der Waals surface area contributed by atoms with E-state index >= 15 is 0 Å². The van der Waals surface area contributed by atoms with Gasteiger partial charge >= 0.3 is 5.97 Å². The normalized spacial score (nSPS) is 16.2. The summed E-state index contributed by atoms with van der Waals surface area (Å²) >= 11 is 0. The van der Waals surface area contributed by atoms with E-state index in [1.165, 1.54) is 0 Å². The number of hydrogen-bond donors (Lipinski definition) is 3. The van der Waals surface area contributed by atoms with Gasteiger partial charge in [0.05, 0.1) is 0 Å². The number of carbonyl (C=O) groups excluding carboxylic acids is 1. The Morgan fingerprint density at radius 3 is 2.00 bits per heavy atom. The van der Waals surface area contributed by atoms with E-state index in [4.69, 9.17) is 15.3 Å². The summed E-state index contributed by atoms with van der Waals surface area (Å²) in [4.78, 5) is 19.3. The molecular weight excluding hydrogens is 128 g/mol. The van der Waals surface area contributed by atoms with Crippen LogP contribution in [0, 0.1) is 0 Å². The molecule has 0 rings (SSSR count). The summed E-state index contributed by atoms with van der Waals surface area (Å²) < 4.78 is 0. The lowest BCUT2D eigenvalue weighted by Crippen LogP contribution is -2.34. The van der Waals surface area contributed by atoms with Crippen molar-refractivity contribution in [1.29, 1.82) is 0 Å². The molecule has 0 spiro atoms. The van der Waals surface area contributed by atoms with Crippen LogP contribution in [0.3, 0.4) is 0 Å². The smallest absolute Gasteiger partial charge is 0.335 e. The lowest BCUT2D eigenvalue weighted by Gasteiger charge is -2.04. The van der Waals surface area contributed by atoms with Gasteiger partial charge in [-0.05, 0) is 0 Å². The lowest BCUT2D eigenvalue weighted by atomic mass is 10.2. The highest BCUT2D eigenvalue weighted by Crippen LogP contribution is 1.88. The fourth-order valence-corrected chi connectivity index (χ4v) is 0.220. The summed E-state index contributed by atoms with van der Waals surface area (Å²) in [7, 11) is 0. The van der Waals surface area contributed by atoms with Crippen LogP contribution in [0.25, 0.3) is 0 Å². The first-order chi connectivity index (χ1) is 4.09. The van der Waals surface area contributed by atoms with Gasteiger partial charge in [-0.25, -0.2) is 4.79 Å². The Balaban J connectivity index is 3.86. The van der Waals surface area contributed by atoms with Crippen molar-refractivity contribution in [2.45, 2.75) is 12.2 Å². The quantitative estimate of drug-likeness (QED) is 0.388. The summed E-state index contributed by atoms with van der Waals surface area (Å²) in [6.45, 7) is 0. The van der Waals surface area contributed by atoms with Gasteiger partial charge in [0.2, 0.25) is 0 Å². The van der Waals surface area contributed by atoms with E-state index in [-0.39, 0.29) is 6.29 Å². The third-order valence-electron chi connectivity index (χ3n) is 0.716. The Morgan fingerprint density at radius 1 is 1.44 bits per heavy atom. The predicted octanol–water partition coefficient (Wildman–Crippen LogP) is -2.01. The first kappa shape index (κ1) is 8.06.